The highest BCUT2D eigenvalue weighted by atomic mass is 16.2. The summed E-state index contributed by atoms with van der Waals surface area (Å²) in [6.07, 6.45) is 1.38. The van der Waals surface area contributed by atoms with Crippen molar-refractivity contribution in [1.82, 2.24) is 20.5 Å². The number of nitrogens with one attached hydrogen (secondary N) is 3. The van der Waals surface area contributed by atoms with E-state index in [1.807, 2.05) is 0 Å². The summed E-state index contributed by atoms with van der Waals surface area (Å²) in [6.45, 7) is 0. The maximum Gasteiger partial charge on any atom is 0.321 e. The predicted molar refractivity (Wildman–Crippen MR) is 34.5 cm³/mol. The number of carbonyl (C=O) groups excluding carboxylic acids is 1. The number of aromatic nitrogens is 3. The van der Waals surface area contributed by atoms with Crippen LogP contribution >= 0.6 is 0 Å². The molecule has 0 aliphatic heterocycles. The van der Waals surface area contributed by atoms with Gasteiger partial charge in [0.15, 0.2) is 0 Å². The van der Waals surface area contributed by atoms with Crippen LogP contribution in [-0.4, -0.2) is 28.3 Å². The molecule has 6 heteroatoms. The van der Waals surface area contributed by atoms with Gasteiger partial charge >= 0.3 is 6.03 Å². The molecule has 0 radical (unpaired) electrons. The average Bonchev–Trinajstić information content (AvgIpc) is 2.40. The van der Waals surface area contributed by atoms with Crippen LogP contribution in [0.4, 0.5) is 10.7 Å². The zero-order valence-corrected chi connectivity index (χ0v) is 5.38. The molecule has 1 aromatic heterocycles. The van der Waals surface area contributed by atoms with Crippen LogP contribution in [0.25, 0.3) is 0 Å². The molecule has 0 bridgehead atoms. The maximum atomic E-state index is 10.6. The van der Waals surface area contributed by atoms with E-state index < -0.39 is 0 Å². The van der Waals surface area contributed by atoms with E-state index in [9.17, 15) is 4.79 Å². The zero-order valence-electron chi connectivity index (χ0n) is 5.38. The van der Waals surface area contributed by atoms with Crippen LogP contribution < -0.4 is 10.6 Å². The Morgan fingerprint density at radius 2 is 2.60 bits per heavy atom. The van der Waals surface area contributed by atoms with Gasteiger partial charge in [-0.25, -0.2) is 9.78 Å². The largest absolute Gasteiger partial charge is 0.341 e. The van der Waals surface area contributed by atoms with Gasteiger partial charge in [0.2, 0.25) is 5.95 Å². The van der Waals surface area contributed by atoms with E-state index in [1.165, 1.54) is 13.4 Å². The van der Waals surface area contributed by atoms with Gasteiger partial charge in [0.1, 0.15) is 6.33 Å². The third kappa shape index (κ3) is 1.44. The smallest absolute Gasteiger partial charge is 0.321 e. The molecule has 0 atom stereocenters. The third-order valence-corrected chi connectivity index (χ3v) is 0.867. The molecule has 0 aliphatic rings. The van der Waals surface area contributed by atoms with Crippen molar-refractivity contribution in [3.8, 4) is 0 Å². The van der Waals surface area contributed by atoms with Gasteiger partial charge in [0, 0.05) is 7.05 Å². The van der Waals surface area contributed by atoms with Crippen LogP contribution in [0.3, 0.4) is 0 Å². The standard InChI is InChI=1S/C4H7N5O/c1-5-4(10)8-3-6-2-7-9-3/h2H,1H3,(H3,5,6,7,8,9,10). The molecule has 3 N–H and O–H groups in total. The number of rotatable bonds is 1. The number of nitrogens with zero attached hydrogens (tertiary/aromatic N) is 2. The van der Waals surface area contributed by atoms with Gasteiger partial charge in [-0.15, -0.1) is 5.10 Å². The lowest BCUT2D eigenvalue weighted by Crippen LogP contribution is -2.24. The Balaban J connectivity index is 2.48. The van der Waals surface area contributed by atoms with Crippen LogP contribution in [0.2, 0.25) is 0 Å². The SMILES string of the molecule is CNC(=O)Nc1nc[nH]n1. The molecule has 0 aliphatic carbocycles. The van der Waals surface area contributed by atoms with Gasteiger partial charge in [-0.2, -0.15) is 0 Å². The molecule has 10 heavy (non-hydrogen) atoms. The van der Waals surface area contributed by atoms with Crippen LogP contribution in [0.1, 0.15) is 0 Å². The fourth-order valence-electron chi connectivity index (χ4n) is 0.433. The monoisotopic (exact) mass is 141 g/mol. The Bertz CT molecular complexity index is 205. The summed E-state index contributed by atoms with van der Waals surface area (Å²) in [5, 5.41) is 10.8. The number of carbonyl (C=O) groups is 1. The molecule has 54 valence electrons. The number of hydrogen-bond donors (Lipinski definition) is 3. The molecular formula is C4H7N5O. The number of urea groups is 1. The van der Waals surface area contributed by atoms with E-state index in [4.69, 9.17) is 0 Å². The maximum absolute atomic E-state index is 10.6. The summed E-state index contributed by atoms with van der Waals surface area (Å²) < 4.78 is 0. The quantitative estimate of drug-likeness (QED) is 0.495. The Hall–Kier alpha value is -1.59. The summed E-state index contributed by atoms with van der Waals surface area (Å²) in [5.41, 5.74) is 0. The third-order valence-electron chi connectivity index (χ3n) is 0.867. The first kappa shape index (κ1) is 6.53. The highest BCUT2D eigenvalue weighted by molar-refractivity contribution is 5.86. The van der Waals surface area contributed by atoms with Crippen LogP contribution in [0, 0.1) is 0 Å². The highest BCUT2D eigenvalue weighted by Crippen LogP contribution is 1.89. The second-order valence-corrected chi connectivity index (χ2v) is 1.53. The van der Waals surface area contributed by atoms with Crippen molar-refractivity contribution in [2.75, 3.05) is 12.4 Å². The minimum atomic E-state index is -0.334. The van der Waals surface area contributed by atoms with Gasteiger partial charge < -0.3 is 5.32 Å². The zero-order chi connectivity index (χ0) is 7.40. The van der Waals surface area contributed by atoms with Gasteiger partial charge in [-0.1, -0.05) is 0 Å². The number of H-pyrrole nitrogens is 1. The predicted octanol–water partition coefficient (Wildman–Crippen LogP) is -0.444. The summed E-state index contributed by atoms with van der Waals surface area (Å²) >= 11 is 0. The molecule has 2 amide bonds. The number of amides is 2. The van der Waals surface area contributed by atoms with E-state index in [0.717, 1.165) is 0 Å². The van der Waals surface area contributed by atoms with Crippen molar-refractivity contribution in [1.29, 1.82) is 0 Å². The summed E-state index contributed by atoms with van der Waals surface area (Å²) in [7, 11) is 1.52. The molecule has 0 aromatic carbocycles. The summed E-state index contributed by atoms with van der Waals surface area (Å²) in [5.74, 6) is 0.263. The van der Waals surface area contributed by atoms with Crippen molar-refractivity contribution in [3.63, 3.8) is 0 Å². The summed E-state index contributed by atoms with van der Waals surface area (Å²) in [6, 6.07) is -0.334. The molecule has 0 spiro atoms. The minimum Gasteiger partial charge on any atom is -0.341 e. The van der Waals surface area contributed by atoms with Gasteiger partial charge in [0.05, 0.1) is 0 Å². The number of aromatic amines is 1. The molecular weight excluding hydrogens is 134 g/mol. The van der Waals surface area contributed by atoms with E-state index in [0.29, 0.717) is 0 Å². The van der Waals surface area contributed by atoms with Crippen molar-refractivity contribution >= 4 is 12.0 Å². The van der Waals surface area contributed by atoms with Crippen LogP contribution in [-0.2, 0) is 0 Å². The summed E-state index contributed by atoms with van der Waals surface area (Å²) in [4.78, 5) is 14.2. The molecule has 1 heterocycles. The van der Waals surface area contributed by atoms with Crippen molar-refractivity contribution in [3.05, 3.63) is 6.33 Å². The van der Waals surface area contributed by atoms with Gasteiger partial charge in [-0.3, -0.25) is 10.4 Å². The molecule has 1 rings (SSSR count). The molecule has 0 unspecified atom stereocenters. The molecule has 0 saturated heterocycles. The second kappa shape index (κ2) is 2.81. The first-order valence-corrected chi connectivity index (χ1v) is 2.67. The normalized spacial score (nSPS) is 8.90. The van der Waals surface area contributed by atoms with E-state index in [1.54, 1.807) is 0 Å². The fourth-order valence-corrected chi connectivity index (χ4v) is 0.433. The number of hydrogen-bond acceptors (Lipinski definition) is 3. The Morgan fingerprint density at radius 1 is 1.80 bits per heavy atom. The van der Waals surface area contributed by atoms with Crippen molar-refractivity contribution in [2.45, 2.75) is 0 Å². The lowest BCUT2D eigenvalue weighted by Gasteiger charge is -1.95. The molecule has 0 saturated carbocycles. The van der Waals surface area contributed by atoms with E-state index >= 15 is 0 Å². The van der Waals surface area contributed by atoms with E-state index in [-0.39, 0.29) is 12.0 Å². The van der Waals surface area contributed by atoms with Crippen LogP contribution in [0.15, 0.2) is 6.33 Å². The van der Waals surface area contributed by atoms with Gasteiger partial charge in [0.25, 0.3) is 0 Å². The van der Waals surface area contributed by atoms with Crippen molar-refractivity contribution < 1.29 is 4.79 Å². The van der Waals surface area contributed by atoms with Crippen molar-refractivity contribution in [2.24, 2.45) is 0 Å². The first-order chi connectivity index (χ1) is 4.83. The minimum absolute atomic E-state index is 0.263. The second-order valence-electron chi connectivity index (χ2n) is 1.53. The fraction of sp³-hybridized carbons (Fsp3) is 0.250. The van der Waals surface area contributed by atoms with Crippen LogP contribution in [0.5, 0.6) is 0 Å². The molecule has 1 aromatic rings. The van der Waals surface area contributed by atoms with Gasteiger partial charge in [-0.05, 0) is 0 Å². The Kier molecular flexibility index (Phi) is 1.83. The topological polar surface area (TPSA) is 82.7 Å². The Morgan fingerprint density at radius 3 is 3.10 bits per heavy atom. The first-order valence-electron chi connectivity index (χ1n) is 2.67. The number of anilines is 1. The average molecular weight is 141 g/mol. The Labute approximate surface area is 57.0 Å². The lowest BCUT2D eigenvalue weighted by molar-refractivity contribution is 0.254. The lowest BCUT2D eigenvalue weighted by atomic mass is 10.9. The molecule has 0 fully saturated rings. The highest BCUT2D eigenvalue weighted by Gasteiger charge is 1.98. The molecule has 6 nitrogen and oxygen atoms in total. The van der Waals surface area contributed by atoms with E-state index in [2.05, 4.69) is 25.8 Å².